The summed E-state index contributed by atoms with van der Waals surface area (Å²) in [4.78, 5) is 24.0. The highest BCUT2D eigenvalue weighted by Crippen LogP contribution is 2.39. The smallest absolute Gasteiger partial charge is 0.257 e. The number of fused-ring (bicyclic) bond motifs is 3. The Morgan fingerprint density at radius 2 is 2.00 bits per heavy atom. The molecular weight excluding hydrogens is 400 g/mol. The van der Waals surface area contributed by atoms with E-state index >= 15 is 0 Å². The summed E-state index contributed by atoms with van der Waals surface area (Å²) in [5, 5.41) is 4.27. The van der Waals surface area contributed by atoms with Crippen molar-refractivity contribution in [3.8, 4) is 0 Å². The third kappa shape index (κ3) is 3.00. The van der Waals surface area contributed by atoms with Gasteiger partial charge in [0.25, 0.3) is 5.91 Å². The lowest BCUT2D eigenvalue weighted by atomic mass is 10.1. The summed E-state index contributed by atoms with van der Waals surface area (Å²) < 4.78 is 24.9. The first kappa shape index (κ1) is 18.4. The number of anilines is 1. The maximum Gasteiger partial charge on any atom is 0.257 e. The molecule has 0 aliphatic heterocycles. The molecule has 0 atom stereocenters. The molecule has 2 N–H and O–H groups in total. The third-order valence-electron chi connectivity index (χ3n) is 4.47. The highest BCUT2D eigenvalue weighted by molar-refractivity contribution is 7.91. The highest BCUT2D eigenvalue weighted by Gasteiger charge is 2.25. The average molecular weight is 415 g/mol. The average Bonchev–Trinajstić information content (AvgIpc) is 2.99. The number of nitrogens with zero attached hydrogens (tertiary/aromatic N) is 2. The molecule has 0 saturated carbocycles. The Hall–Kier alpha value is -2.97. The van der Waals surface area contributed by atoms with E-state index in [1.165, 1.54) is 0 Å². The Morgan fingerprint density at radius 1 is 1.21 bits per heavy atom. The lowest BCUT2D eigenvalue weighted by molar-refractivity contribution is 0.102. The molecule has 0 aliphatic carbocycles. The van der Waals surface area contributed by atoms with Crippen molar-refractivity contribution in [1.29, 1.82) is 0 Å². The number of aromatic amines is 1. The van der Waals surface area contributed by atoms with Crippen LogP contribution in [0.5, 0.6) is 0 Å². The number of amides is 1. The molecule has 0 aliphatic rings. The van der Waals surface area contributed by atoms with Gasteiger partial charge in [-0.1, -0.05) is 11.6 Å². The van der Waals surface area contributed by atoms with Crippen LogP contribution < -0.4 is 5.32 Å². The summed E-state index contributed by atoms with van der Waals surface area (Å²) >= 11 is 6.34. The van der Waals surface area contributed by atoms with Gasteiger partial charge in [-0.25, -0.2) is 8.42 Å². The van der Waals surface area contributed by atoms with Crippen molar-refractivity contribution in [3.05, 3.63) is 59.1 Å². The normalized spacial score (nSPS) is 11.8. The third-order valence-corrected chi connectivity index (χ3v) is 6.04. The van der Waals surface area contributed by atoms with Crippen LogP contribution in [-0.4, -0.2) is 35.5 Å². The lowest BCUT2D eigenvalue weighted by Crippen LogP contribution is -2.17. The van der Waals surface area contributed by atoms with Crippen molar-refractivity contribution >= 4 is 54.8 Å². The second kappa shape index (κ2) is 6.57. The number of carbonyl (C=O) groups excluding carboxylic acids is 1. The molecule has 3 heterocycles. The van der Waals surface area contributed by atoms with Crippen LogP contribution in [0, 0.1) is 6.92 Å². The summed E-state index contributed by atoms with van der Waals surface area (Å²) in [6, 6.07) is 6.63. The first-order valence-corrected chi connectivity index (χ1v) is 10.5. The predicted octanol–water partition coefficient (Wildman–Crippen LogP) is 3.73. The zero-order valence-electron chi connectivity index (χ0n) is 14.9. The number of rotatable bonds is 3. The molecular formula is C19H15ClN4O3S. The van der Waals surface area contributed by atoms with Gasteiger partial charge in [-0.3, -0.25) is 14.8 Å². The molecule has 0 unspecified atom stereocenters. The van der Waals surface area contributed by atoms with Gasteiger partial charge in [0.15, 0.2) is 9.84 Å². The number of halogens is 1. The number of pyridine rings is 2. The molecule has 7 nitrogen and oxygen atoms in total. The molecule has 0 radical (unpaired) electrons. The Morgan fingerprint density at radius 3 is 2.71 bits per heavy atom. The number of aromatic nitrogens is 3. The van der Waals surface area contributed by atoms with Crippen LogP contribution >= 0.6 is 11.6 Å². The van der Waals surface area contributed by atoms with E-state index < -0.39 is 15.7 Å². The molecule has 1 amide bonds. The molecule has 0 bridgehead atoms. The molecule has 142 valence electrons. The highest BCUT2D eigenvalue weighted by atomic mass is 35.5. The largest absolute Gasteiger partial charge is 0.352 e. The second-order valence-corrected chi connectivity index (χ2v) is 8.75. The zero-order chi connectivity index (χ0) is 20.1. The summed E-state index contributed by atoms with van der Waals surface area (Å²) in [6.07, 6.45) is 5.89. The van der Waals surface area contributed by atoms with E-state index in [9.17, 15) is 13.2 Å². The van der Waals surface area contributed by atoms with E-state index in [2.05, 4.69) is 20.3 Å². The van der Waals surface area contributed by atoms with Crippen LogP contribution in [0.4, 0.5) is 5.69 Å². The number of nitrogens with one attached hydrogen (secondary N) is 2. The number of carbonyl (C=O) groups is 1. The van der Waals surface area contributed by atoms with Crippen molar-refractivity contribution < 1.29 is 13.2 Å². The van der Waals surface area contributed by atoms with Gasteiger partial charge in [-0.2, -0.15) is 0 Å². The molecule has 4 rings (SSSR count). The molecule has 9 heteroatoms. The predicted molar refractivity (Wildman–Crippen MR) is 109 cm³/mol. The summed E-state index contributed by atoms with van der Waals surface area (Å²) in [6.45, 7) is 1.70. The Bertz CT molecular complexity index is 1360. The number of H-pyrrole nitrogens is 1. The number of hydrogen-bond acceptors (Lipinski definition) is 5. The van der Waals surface area contributed by atoms with Gasteiger partial charge in [-0.15, -0.1) is 0 Å². The zero-order valence-corrected chi connectivity index (χ0v) is 16.5. The van der Waals surface area contributed by atoms with Crippen LogP contribution in [0.15, 0.2) is 47.8 Å². The molecule has 0 saturated heterocycles. The van der Waals surface area contributed by atoms with E-state index in [1.54, 1.807) is 49.8 Å². The van der Waals surface area contributed by atoms with E-state index in [0.29, 0.717) is 27.7 Å². The Kier molecular flexibility index (Phi) is 4.32. The monoisotopic (exact) mass is 414 g/mol. The lowest BCUT2D eigenvalue weighted by Gasteiger charge is -2.14. The maximum atomic E-state index is 12.9. The first-order chi connectivity index (χ1) is 13.3. The van der Waals surface area contributed by atoms with Crippen molar-refractivity contribution in [1.82, 2.24) is 15.0 Å². The number of sulfone groups is 1. The molecule has 0 fully saturated rings. The van der Waals surface area contributed by atoms with Gasteiger partial charge < -0.3 is 10.3 Å². The summed E-state index contributed by atoms with van der Waals surface area (Å²) in [5.74, 6) is -0.476. The molecule has 4 aromatic rings. The standard InChI is InChI=1S/C19H15ClN4O3S/c1-10-11(4-3-6-22-10)19(25)24-17-16-13(8-14(20)18(17)28(2,26)27)12-5-7-21-9-15(12)23-16/h3-9,23H,1-2H3,(H,24,25). The molecule has 3 aromatic heterocycles. The minimum absolute atomic E-state index is 0.0333. The van der Waals surface area contributed by atoms with Crippen LogP contribution in [0.1, 0.15) is 16.1 Å². The summed E-state index contributed by atoms with van der Waals surface area (Å²) in [7, 11) is -3.73. The van der Waals surface area contributed by atoms with Crippen molar-refractivity contribution in [3.63, 3.8) is 0 Å². The van der Waals surface area contributed by atoms with Crippen molar-refractivity contribution in [2.75, 3.05) is 11.6 Å². The minimum atomic E-state index is -3.73. The second-order valence-electron chi connectivity index (χ2n) is 6.39. The van der Waals surface area contributed by atoms with Gasteiger partial charge in [0.2, 0.25) is 0 Å². The van der Waals surface area contributed by atoms with E-state index in [1.807, 2.05) is 0 Å². The first-order valence-electron chi connectivity index (χ1n) is 8.28. The molecule has 28 heavy (non-hydrogen) atoms. The van der Waals surface area contributed by atoms with Crippen LogP contribution in [0.3, 0.4) is 0 Å². The van der Waals surface area contributed by atoms with Crippen LogP contribution in [0.2, 0.25) is 5.02 Å². The number of benzene rings is 1. The SMILES string of the molecule is Cc1ncccc1C(=O)Nc1c(S(C)(=O)=O)c(Cl)cc2c1[nH]c1cnccc12. The van der Waals surface area contributed by atoms with Gasteiger partial charge in [0.1, 0.15) is 4.90 Å². The minimum Gasteiger partial charge on any atom is -0.352 e. The van der Waals surface area contributed by atoms with Gasteiger partial charge in [0.05, 0.1) is 33.5 Å². The fourth-order valence-corrected chi connectivity index (χ4v) is 4.79. The van der Waals surface area contributed by atoms with Crippen molar-refractivity contribution in [2.24, 2.45) is 0 Å². The number of aryl methyl sites for hydroxylation is 1. The molecule has 1 aromatic carbocycles. The molecule has 0 spiro atoms. The fraction of sp³-hybridized carbons (Fsp3) is 0.105. The Labute approximate surface area is 165 Å². The quantitative estimate of drug-likeness (QED) is 0.531. The van der Waals surface area contributed by atoms with E-state index in [0.717, 1.165) is 11.6 Å². The Balaban J connectivity index is 2.01. The fourth-order valence-electron chi connectivity index (χ4n) is 3.22. The van der Waals surface area contributed by atoms with Gasteiger partial charge in [-0.05, 0) is 31.2 Å². The van der Waals surface area contributed by atoms with E-state index in [-0.39, 0.29) is 15.6 Å². The van der Waals surface area contributed by atoms with Gasteiger partial charge in [0, 0.05) is 35.1 Å². The number of hydrogen-bond donors (Lipinski definition) is 2. The van der Waals surface area contributed by atoms with Crippen molar-refractivity contribution in [2.45, 2.75) is 11.8 Å². The van der Waals surface area contributed by atoms with E-state index in [4.69, 9.17) is 11.6 Å². The van der Waals surface area contributed by atoms with Gasteiger partial charge >= 0.3 is 0 Å². The maximum absolute atomic E-state index is 12.9. The topological polar surface area (TPSA) is 105 Å². The van der Waals surface area contributed by atoms with Crippen LogP contribution in [0.25, 0.3) is 21.8 Å². The van der Waals surface area contributed by atoms with Crippen LogP contribution in [-0.2, 0) is 9.84 Å². The summed E-state index contributed by atoms with van der Waals surface area (Å²) in [5.41, 5.74) is 2.14.